The van der Waals surface area contributed by atoms with E-state index in [0.29, 0.717) is 0 Å². The number of ether oxygens (including phenoxy) is 1. The minimum atomic E-state index is -0.925. The summed E-state index contributed by atoms with van der Waals surface area (Å²) in [4.78, 5) is 40.4. The van der Waals surface area contributed by atoms with Gasteiger partial charge < -0.3 is 20.1 Å². The van der Waals surface area contributed by atoms with Crippen molar-refractivity contribution in [1.82, 2.24) is 15.2 Å². The van der Waals surface area contributed by atoms with Gasteiger partial charge in [0.2, 0.25) is 11.8 Å². The van der Waals surface area contributed by atoms with Crippen molar-refractivity contribution in [2.24, 2.45) is 5.92 Å². The minimum Gasteiger partial charge on any atom is -0.481 e. The molecule has 24 heavy (non-hydrogen) atoms. The maximum atomic E-state index is 12.4. The second-order valence-electron chi connectivity index (χ2n) is 5.59. The van der Waals surface area contributed by atoms with Gasteiger partial charge in [-0.15, -0.1) is 0 Å². The molecule has 0 aromatic carbocycles. The molecule has 8 heteroatoms. The fourth-order valence-electron chi connectivity index (χ4n) is 2.75. The Morgan fingerprint density at radius 3 is 2.92 bits per heavy atom. The Morgan fingerprint density at radius 1 is 1.46 bits per heavy atom. The average Bonchev–Trinajstić information content (AvgIpc) is 2.86. The molecule has 0 radical (unpaired) electrons. The number of amides is 2. The molecule has 2 amide bonds. The Hall–Kier alpha value is -2.48. The molecule has 1 aliphatic rings. The van der Waals surface area contributed by atoms with Crippen LogP contribution in [-0.2, 0) is 19.1 Å². The molecule has 2 atom stereocenters. The van der Waals surface area contributed by atoms with Crippen LogP contribution in [0.4, 0.5) is 0 Å². The molecule has 0 aliphatic carbocycles. The monoisotopic (exact) mass is 335 g/mol. The molecule has 1 saturated heterocycles. The predicted octanol–water partition coefficient (Wildman–Crippen LogP) is 0.209. The van der Waals surface area contributed by atoms with Crippen molar-refractivity contribution in [2.45, 2.75) is 18.9 Å². The Labute approximate surface area is 139 Å². The number of aromatic nitrogens is 1. The van der Waals surface area contributed by atoms with E-state index in [2.05, 4.69) is 10.3 Å². The van der Waals surface area contributed by atoms with Gasteiger partial charge in [-0.3, -0.25) is 19.4 Å². The largest absolute Gasteiger partial charge is 0.481 e. The molecule has 2 heterocycles. The highest BCUT2D eigenvalue weighted by Gasteiger charge is 2.42. The van der Waals surface area contributed by atoms with Gasteiger partial charge in [0, 0.05) is 32.4 Å². The zero-order valence-electron chi connectivity index (χ0n) is 13.5. The fourth-order valence-corrected chi connectivity index (χ4v) is 2.75. The van der Waals surface area contributed by atoms with Gasteiger partial charge in [0.15, 0.2) is 0 Å². The molecule has 8 nitrogen and oxygen atoms in total. The van der Waals surface area contributed by atoms with Gasteiger partial charge in [-0.05, 0) is 11.6 Å². The predicted molar refractivity (Wildman–Crippen MR) is 83.9 cm³/mol. The van der Waals surface area contributed by atoms with Gasteiger partial charge in [-0.2, -0.15) is 0 Å². The lowest BCUT2D eigenvalue weighted by Crippen LogP contribution is -2.36. The highest BCUT2D eigenvalue weighted by molar-refractivity contribution is 5.90. The summed E-state index contributed by atoms with van der Waals surface area (Å²) >= 11 is 0. The number of rotatable bonds is 8. The summed E-state index contributed by atoms with van der Waals surface area (Å²) < 4.78 is 5.13. The summed E-state index contributed by atoms with van der Waals surface area (Å²) in [5.41, 5.74) is 0.823. The summed E-state index contributed by atoms with van der Waals surface area (Å²) in [5, 5.41) is 11.2. The Kier molecular flexibility index (Phi) is 6.25. The molecule has 1 fully saturated rings. The van der Waals surface area contributed by atoms with Crippen LogP contribution in [-0.4, -0.2) is 59.6 Å². The summed E-state index contributed by atoms with van der Waals surface area (Å²) in [6.07, 6.45) is 3.39. The number of hydrogen-bond donors (Lipinski definition) is 2. The zero-order chi connectivity index (χ0) is 17.5. The van der Waals surface area contributed by atoms with Gasteiger partial charge in [-0.1, -0.05) is 6.07 Å². The first-order valence-electron chi connectivity index (χ1n) is 7.73. The standard InChI is InChI=1S/C16H21N3O5/c1-19-13(20)9-12(15(19)11-3-2-5-17-10-11)16(23)18-6-8-24-7-4-14(21)22/h2-3,5,10,12,15H,4,6-9H2,1H3,(H,18,23)(H,21,22)/t12-,15+/m0/s1. The second-order valence-corrected chi connectivity index (χ2v) is 5.59. The number of nitrogens with zero attached hydrogens (tertiary/aromatic N) is 2. The van der Waals surface area contributed by atoms with E-state index in [1.807, 2.05) is 6.07 Å². The molecule has 1 aromatic rings. The number of carbonyl (C=O) groups excluding carboxylic acids is 2. The summed E-state index contributed by atoms with van der Waals surface area (Å²) in [7, 11) is 1.68. The van der Waals surface area contributed by atoms with Crippen molar-refractivity contribution < 1.29 is 24.2 Å². The first kappa shape index (κ1) is 17.9. The number of carbonyl (C=O) groups is 3. The third kappa shape index (κ3) is 4.51. The lowest BCUT2D eigenvalue weighted by atomic mass is 9.94. The third-order valence-electron chi connectivity index (χ3n) is 3.95. The van der Waals surface area contributed by atoms with E-state index in [1.54, 1.807) is 30.4 Å². The number of pyridine rings is 1. The molecule has 2 rings (SSSR count). The van der Waals surface area contributed by atoms with Gasteiger partial charge in [0.1, 0.15) is 0 Å². The number of aliphatic carboxylic acids is 1. The SMILES string of the molecule is CN1C(=O)C[C@H](C(=O)NCCOCCC(=O)O)[C@H]1c1cccnc1. The van der Waals surface area contributed by atoms with Crippen LogP contribution in [0.25, 0.3) is 0 Å². The van der Waals surface area contributed by atoms with Crippen LogP contribution in [0.15, 0.2) is 24.5 Å². The van der Waals surface area contributed by atoms with Crippen LogP contribution in [0.1, 0.15) is 24.4 Å². The van der Waals surface area contributed by atoms with Gasteiger partial charge in [0.25, 0.3) is 0 Å². The van der Waals surface area contributed by atoms with Crippen molar-refractivity contribution in [3.63, 3.8) is 0 Å². The van der Waals surface area contributed by atoms with E-state index < -0.39 is 11.9 Å². The van der Waals surface area contributed by atoms with Crippen LogP contribution in [0.3, 0.4) is 0 Å². The van der Waals surface area contributed by atoms with E-state index in [4.69, 9.17) is 9.84 Å². The number of nitrogens with one attached hydrogen (secondary N) is 1. The highest BCUT2D eigenvalue weighted by atomic mass is 16.5. The van der Waals surface area contributed by atoms with Crippen molar-refractivity contribution >= 4 is 17.8 Å². The Balaban J connectivity index is 1.88. The fraction of sp³-hybridized carbons (Fsp3) is 0.500. The second kappa shape index (κ2) is 8.39. The number of likely N-dealkylation sites (tertiary alicyclic amines) is 1. The molecule has 0 bridgehead atoms. The maximum Gasteiger partial charge on any atom is 0.305 e. The van der Waals surface area contributed by atoms with Crippen LogP contribution < -0.4 is 5.32 Å². The molecule has 0 spiro atoms. The summed E-state index contributed by atoms with van der Waals surface area (Å²) in [6.45, 7) is 0.605. The van der Waals surface area contributed by atoms with Gasteiger partial charge >= 0.3 is 5.97 Å². The van der Waals surface area contributed by atoms with Crippen molar-refractivity contribution in [3.05, 3.63) is 30.1 Å². The molecule has 130 valence electrons. The molecule has 2 N–H and O–H groups in total. The van der Waals surface area contributed by atoms with E-state index in [1.165, 1.54) is 0 Å². The van der Waals surface area contributed by atoms with Crippen molar-refractivity contribution in [2.75, 3.05) is 26.8 Å². The number of carboxylic acid groups (broad SMARTS) is 1. The van der Waals surface area contributed by atoms with E-state index in [-0.39, 0.29) is 50.5 Å². The first-order valence-corrected chi connectivity index (χ1v) is 7.73. The zero-order valence-corrected chi connectivity index (χ0v) is 13.5. The van der Waals surface area contributed by atoms with Crippen molar-refractivity contribution in [3.8, 4) is 0 Å². The highest BCUT2D eigenvalue weighted by Crippen LogP contribution is 2.36. The van der Waals surface area contributed by atoms with Crippen LogP contribution >= 0.6 is 0 Å². The van der Waals surface area contributed by atoms with E-state index >= 15 is 0 Å². The lowest BCUT2D eigenvalue weighted by molar-refractivity contribution is -0.138. The quantitative estimate of drug-likeness (QED) is 0.657. The Morgan fingerprint density at radius 2 is 2.25 bits per heavy atom. The number of carboxylic acids is 1. The minimum absolute atomic E-state index is 0.0705. The van der Waals surface area contributed by atoms with Gasteiger partial charge in [0.05, 0.1) is 31.6 Å². The Bertz CT molecular complexity index is 593. The van der Waals surface area contributed by atoms with Crippen LogP contribution in [0.5, 0.6) is 0 Å². The maximum absolute atomic E-state index is 12.4. The topological polar surface area (TPSA) is 109 Å². The lowest BCUT2D eigenvalue weighted by Gasteiger charge is -2.24. The molecule has 1 aromatic heterocycles. The van der Waals surface area contributed by atoms with Crippen LogP contribution in [0, 0.1) is 5.92 Å². The van der Waals surface area contributed by atoms with Crippen LogP contribution in [0.2, 0.25) is 0 Å². The molecule has 0 unspecified atom stereocenters. The first-order chi connectivity index (χ1) is 11.5. The summed E-state index contributed by atoms with van der Waals surface area (Å²) in [6, 6.07) is 3.29. The van der Waals surface area contributed by atoms with E-state index in [9.17, 15) is 14.4 Å². The van der Waals surface area contributed by atoms with Gasteiger partial charge in [-0.25, -0.2) is 0 Å². The summed E-state index contributed by atoms with van der Waals surface area (Å²) in [5.74, 6) is -1.71. The molecule has 0 saturated carbocycles. The molecular weight excluding hydrogens is 314 g/mol. The van der Waals surface area contributed by atoms with E-state index in [0.717, 1.165) is 5.56 Å². The number of hydrogen-bond acceptors (Lipinski definition) is 5. The van der Waals surface area contributed by atoms with Crippen molar-refractivity contribution in [1.29, 1.82) is 0 Å². The smallest absolute Gasteiger partial charge is 0.305 e. The molecular formula is C16H21N3O5. The molecule has 1 aliphatic heterocycles. The third-order valence-corrected chi connectivity index (χ3v) is 3.95. The average molecular weight is 335 g/mol. The normalized spacial score (nSPS) is 20.2.